The Kier molecular flexibility index (Phi) is 6.66. The largest absolute Gasteiger partial charge is 0.480 e. The van der Waals surface area contributed by atoms with Crippen LogP contribution >= 0.6 is 0 Å². The van der Waals surface area contributed by atoms with Crippen molar-refractivity contribution in [1.82, 2.24) is 15.6 Å². The lowest BCUT2D eigenvalue weighted by Crippen LogP contribution is -2.53. The molecule has 0 fully saturated rings. The van der Waals surface area contributed by atoms with Gasteiger partial charge in [-0.1, -0.05) is 36.4 Å². The predicted molar refractivity (Wildman–Crippen MR) is 113 cm³/mol. The van der Waals surface area contributed by atoms with Crippen LogP contribution in [-0.2, 0) is 20.8 Å². The van der Waals surface area contributed by atoms with E-state index in [4.69, 9.17) is 5.73 Å². The molecule has 0 aliphatic carbocycles. The van der Waals surface area contributed by atoms with Crippen molar-refractivity contribution in [2.45, 2.75) is 24.9 Å². The average molecular weight is 422 g/mol. The van der Waals surface area contributed by atoms with E-state index in [0.29, 0.717) is 5.56 Å². The lowest BCUT2D eigenvalue weighted by atomic mass is 10.0. The minimum absolute atomic E-state index is 0.108. The van der Waals surface area contributed by atoms with Crippen molar-refractivity contribution >= 4 is 34.6 Å². The van der Waals surface area contributed by atoms with Crippen molar-refractivity contribution in [2.75, 3.05) is 0 Å². The van der Waals surface area contributed by atoms with E-state index in [2.05, 4.69) is 15.6 Å². The van der Waals surface area contributed by atoms with E-state index in [0.717, 1.165) is 16.5 Å². The van der Waals surface area contributed by atoms with E-state index < -0.39 is 42.2 Å². The van der Waals surface area contributed by atoms with Crippen molar-refractivity contribution in [3.8, 4) is 0 Å². The highest BCUT2D eigenvalue weighted by atomic mass is 16.4. The van der Waals surface area contributed by atoms with Gasteiger partial charge in [0.2, 0.25) is 11.8 Å². The summed E-state index contributed by atoms with van der Waals surface area (Å²) in [6.45, 7) is 0. The minimum Gasteiger partial charge on any atom is -0.480 e. The van der Waals surface area contributed by atoms with Gasteiger partial charge in [0.25, 0.3) is 5.91 Å². The van der Waals surface area contributed by atoms with Crippen molar-refractivity contribution in [2.24, 2.45) is 5.73 Å². The molecule has 0 spiro atoms. The fourth-order valence-corrected chi connectivity index (χ4v) is 3.23. The number of carboxylic acids is 1. The van der Waals surface area contributed by atoms with Gasteiger partial charge in [-0.25, -0.2) is 4.79 Å². The molecule has 31 heavy (non-hydrogen) atoms. The molecule has 2 atom stereocenters. The van der Waals surface area contributed by atoms with Gasteiger partial charge >= 0.3 is 5.97 Å². The van der Waals surface area contributed by atoms with Crippen molar-refractivity contribution in [3.05, 3.63) is 71.9 Å². The van der Waals surface area contributed by atoms with Crippen molar-refractivity contribution < 1.29 is 24.3 Å². The molecule has 2 aromatic carbocycles. The molecule has 3 amide bonds. The lowest BCUT2D eigenvalue weighted by Gasteiger charge is -2.21. The van der Waals surface area contributed by atoms with Gasteiger partial charge < -0.3 is 26.5 Å². The minimum atomic E-state index is -1.50. The number of nitrogens with one attached hydrogen (secondary N) is 3. The zero-order chi connectivity index (χ0) is 22.4. The molecular weight excluding hydrogens is 400 g/mol. The van der Waals surface area contributed by atoms with E-state index in [1.54, 1.807) is 36.5 Å². The topological polar surface area (TPSA) is 154 Å². The van der Waals surface area contributed by atoms with Gasteiger partial charge in [0.1, 0.15) is 12.1 Å². The number of hydrogen-bond donors (Lipinski definition) is 5. The summed E-state index contributed by atoms with van der Waals surface area (Å²) in [6.07, 6.45) is 1.28. The number of benzene rings is 2. The number of nitrogens with two attached hydrogens (primary N) is 1. The summed E-state index contributed by atoms with van der Waals surface area (Å²) < 4.78 is 0. The summed E-state index contributed by atoms with van der Waals surface area (Å²) >= 11 is 0. The Morgan fingerprint density at radius 3 is 2.29 bits per heavy atom. The van der Waals surface area contributed by atoms with Crippen LogP contribution in [0.25, 0.3) is 10.9 Å². The number of aliphatic carboxylic acids is 1. The number of carbonyl (C=O) groups excluding carboxylic acids is 3. The number of hydrogen-bond acceptors (Lipinski definition) is 4. The maximum Gasteiger partial charge on any atom is 0.326 e. The van der Waals surface area contributed by atoms with Gasteiger partial charge in [0.05, 0.1) is 6.42 Å². The average Bonchev–Trinajstić information content (AvgIpc) is 3.16. The Hall–Kier alpha value is -4.14. The number of amides is 3. The third-order valence-electron chi connectivity index (χ3n) is 4.78. The first kappa shape index (κ1) is 21.6. The van der Waals surface area contributed by atoms with Crippen LogP contribution in [0.3, 0.4) is 0 Å². The summed E-state index contributed by atoms with van der Waals surface area (Å²) in [6, 6.07) is 13.2. The fraction of sp³-hybridized carbons (Fsp3) is 0.182. The van der Waals surface area contributed by atoms with Gasteiger partial charge in [-0.05, 0) is 23.8 Å². The van der Waals surface area contributed by atoms with E-state index in [1.165, 1.54) is 0 Å². The number of carbonyl (C=O) groups is 4. The Morgan fingerprint density at radius 2 is 1.61 bits per heavy atom. The van der Waals surface area contributed by atoms with Crippen molar-refractivity contribution in [3.63, 3.8) is 0 Å². The molecule has 3 aromatic rings. The second kappa shape index (κ2) is 9.57. The molecule has 1 heterocycles. The first-order chi connectivity index (χ1) is 14.8. The number of aromatic amines is 1. The number of primary amides is 1. The molecule has 0 aliphatic rings. The van der Waals surface area contributed by atoms with Gasteiger partial charge in [0.15, 0.2) is 0 Å². The van der Waals surface area contributed by atoms with E-state index in [-0.39, 0.29) is 6.42 Å². The van der Waals surface area contributed by atoms with Crippen LogP contribution in [0.15, 0.2) is 60.8 Å². The van der Waals surface area contributed by atoms with Gasteiger partial charge in [-0.3, -0.25) is 14.4 Å². The van der Waals surface area contributed by atoms with Crippen LogP contribution in [-0.4, -0.2) is 45.9 Å². The molecular formula is C22H22N4O5. The third kappa shape index (κ3) is 5.47. The highest BCUT2D eigenvalue weighted by molar-refractivity contribution is 5.98. The molecule has 0 bridgehead atoms. The Labute approximate surface area is 177 Å². The number of carboxylic acid groups (broad SMARTS) is 1. The Bertz CT molecular complexity index is 1110. The Morgan fingerprint density at radius 1 is 0.935 bits per heavy atom. The highest BCUT2D eigenvalue weighted by Gasteiger charge is 2.28. The third-order valence-corrected chi connectivity index (χ3v) is 4.78. The van der Waals surface area contributed by atoms with Gasteiger partial charge in [0, 0.05) is 29.1 Å². The summed E-state index contributed by atoms with van der Waals surface area (Å²) in [4.78, 5) is 51.3. The number of rotatable bonds is 9. The molecule has 0 saturated carbocycles. The molecule has 1 unspecified atom stereocenters. The highest BCUT2D eigenvalue weighted by Crippen LogP contribution is 2.19. The molecule has 3 rings (SSSR count). The predicted octanol–water partition coefficient (Wildman–Crippen LogP) is 0.954. The maximum absolute atomic E-state index is 12.9. The molecule has 9 nitrogen and oxygen atoms in total. The molecule has 0 saturated heterocycles. The second-order valence-electron chi connectivity index (χ2n) is 7.03. The van der Waals surface area contributed by atoms with Gasteiger partial charge in [-0.2, -0.15) is 0 Å². The summed E-state index contributed by atoms with van der Waals surface area (Å²) in [5, 5.41) is 15.1. The van der Waals surface area contributed by atoms with Crippen LogP contribution in [0.2, 0.25) is 0 Å². The maximum atomic E-state index is 12.9. The summed E-state index contributed by atoms with van der Waals surface area (Å²) in [7, 11) is 0. The van der Waals surface area contributed by atoms with Crippen LogP contribution in [0, 0.1) is 0 Å². The second-order valence-corrected chi connectivity index (χ2v) is 7.03. The molecule has 1 aromatic heterocycles. The first-order valence-corrected chi connectivity index (χ1v) is 9.57. The normalized spacial score (nSPS) is 12.6. The summed E-state index contributed by atoms with van der Waals surface area (Å²) in [5.41, 5.74) is 7.07. The van der Waals surface area contributed by atoms with Crippen LogP contribution in [0.5, 0.6) is 0 Å². The lowest BCUT2D eigenvalue weighted by molar-refractivity contribution is -0.143. The fourth-order valence-electron chi connectivity index (χ4n) is 3.23. The van der Waals surface area contributed by atoms with E-state index in [1.807, 2.05) is 24.3 Å². The first-order valence-electron chi connectivity index (χ1n) is 9.57. The number of fused-ring (bicyclic) bond motifs is 1. The van der Waals surface area contributed by atoms with Crippen LogP contribution in [0.4, 0.5) is 0 Å². The molecule has 160 valence electrons. The monoisotopic (exact) mass is 422 g/mol. The molecule has 6 N–H and O–H groups in total. The molecule has 0 radical (unpaired) electrons. The number of para-hydroxylation sites is 1. The van der Waals surface area contributed by atoms with Gasteiger partial charge in [-0.15, -0.1) is 0 Å². The zero-order valence-electron chi connectivity index (χ0n) is 16.5. The number of aromatic nitrogens is 1. The SMILES string of the molecule is NC(=O)CC(NC(=O)[C@H](Cc1c[nH]c2ccccc12)NC(=O)c1ccccc1)C(=O)O. The zero-order valence-corrected chi connectivity index (χ0v) is 16.5. The van der Waals surface area contributed by atoms with Crippen LogP contribution in [0.1, 0.15) is 22.3 Å². The quantitative estimate of drug-likeness (QED) is 0.347. The molecule has 0 aliphatic heterocycles. The van der Waals surface area contributed by atoms with E-state index in [9.17, 15) is 24.3 Å². The molecule has 9 heteroatoms. The smallest absolute Gasteiger partial charge is 0.326 e. The van der Waals surface area contributed by atoms with Crippen molar-refractivity contribution in [1.29, 1.82) is 0 Å². The van der Waals surface area contributed by atoms with Crippen LogP contribution < -0.4 is 16.4 Å². The Balaban J connectivity index is 1.85. The van der Waals surface area contributed by atoms with E-state index >= 15 is 0 Å². The standard InChI is InChI=1S/C22H22N4O5/c23-19(27)11-18(22(30)31)26-21(29)17(25-20(28)13-6-2-1-3-7-13)10-14-12-24-16-9-5-4-8-15(14)16/h1-9,12,17-18,24H,10-11H2,(H2,23,27)(H,25,28)(H,26,29)(H,30,31)/t17-,18?/m0/s1. The summed E-state index contributed by atoms with van der Waals surface area (Å²) in [5.74, 6) is -3.48. The number of H-pyrrole nitrogens is 1.